The molecule has 5 heteroatoms. The number of carbonyl (C=O) groups is 1. The Morgan fingerprint density at radius 1 is 1.50 bits per heavy atom. The molecule has 0 saturated heterocycles. The monoisotopic (exact) mass is 275 g/mol. The van der Waals surface area contributed by atoms with E-state index >= 15 is 0 Å². The van der Waals surface area contributed by atoms with Gasteiger partial charge in [0.2, 0.25) is 0 Å². The zero-order chi connectivity index (χ0) is 14.7. The minimum atomic E-state index is -0.763. The second kappa shape index (κ2) is 6.05. The van der Waals surface area contributed by atoms with Crippen LogP contribution in [0.5, 0.6) is 0 Å². The van der Waals surface area contributed by atoms with E-state index in [0.29, 0.717) is 19.1 Å². The normalized spacial score (nSPS) is 11.7. The standard InChI is InChI=1S/C15H21N3O2/c1-11(2)17(8-6-14(19)20)9-13-10-18-7-4-5-12(3)15(18)16-13/h4-5,7,10-11H,6,8-9H2,1-3H3,(H,19,20). The van der Waals surface area contributed by atoms with Gasteiger partial charge in [-0.25, -0.2) is 4.98 Å². The molecule has 0 atom stereocenters. The summed E-state index contributed by atoms with van der Waals surface area (Å²) >= 11 is 0. The molecule has 2 rings (SSSR count). The molecule has 5 nitrogen and oxygen atoms in total. The van der Waals surface area contributed by atoms with Gasteiger partial charge in [-0.15, -0.1) is 0 Å². The van der Waals surface area contributed by atoms with Crippen molar-refractivity contribution in [3.63, 3.8) is 0 Å². The summed E-state index contributed by atoms with van der Waals surface area (Å²) in [7, 11) is 0. The smallest absolute Gasteiger partial charge is 0.304 e. The van der Waals surface area contributed by atoms with Crippen molar-refractivity contribution in [2.45, 2.75) is 39.8 Å². The molecule has 0 saturated carbocycles. The highest BCUT2D eigenvalue weighted by Gasteiger charge is 2.14. The van der Waals surface area contributed by atoms with E-state index in [-0.39, 0.29) is 6.42 Å². The number of pyridine rings is 1. The van der Waals surface area contributed by atoms with Gasteiger partial charge in [0.05, 0.1) is 12.1 Å². The summed E-state index contributed by atoms with van der Waals surface area (Å²) in [5, 5.41) is 8.81. The number of aromatic nitrogens is 2. The van der Waals surface area contributed by atoms with E-state index < -0.39 is 5.97 Å². The Kier molecular flexibility index (Phi) is 4.39. The van der Waals surface area contributed by atoms with Gasteiger partial charge in [-0.2, -0.15) is 0 Å². The summed E-state index contributed by atoms with van der Waals surface area (Å²) in [4.78, 5) is 17.5. The van der Waals surface area contributed by atoms with Crippen molar-refractivity contribution in [1.82, 2.24) is 14.3 Å². The van der Waals surface area contributed by atoms with Crippen LogP contribution in [-0.2, 0) is 11.3 Å². The van der Waals surface area contributed by atoms with Gasteiger partial charge in [-0.05, 0) is 32.4 Å². The first kappa shape index (κ1) is 14.5. The van der Waals surface area contributed by atoms with Gasteiger partial charge >= 0.3 is 5.97 Å². The predicted molar refractivity (Wildman–Crippen MR) is 77.7 cm³/mol. The highest BCUT2D eigenvalue weighted by molar-refractivity contribution is 5.66. The third kappa shape index (κ3) is 3.36. The lowest BCUT2D eigenvalue weighted by Crippen LogP contribution is -2.32. The maximum atomic E-state index is 10.7. The summed E-state index contributed by atoms with van der Waals surface area (Å²) in [6.07, 6.45) is 4.15. The van der Waals surface area contributed by atoms with Crippen LogP contribution in [0.15, 0.2) is 24.5 Å². The molecule has 2 aromatic rings. The average molecular weight is 275 g/mol. The molecule has 0 spiro atoms. The van der Waals surface area contributed by atoms with Gasteiger partial charge in [-0.1, -0.05) is 6.07 Å². The number of carboxylic acid groups (broad SMARTS) is 1. The molecule has 0 fully saturated rings. The molecule has 0 aromatic carbocycles. The Labute approximate surface area is 118 Å². The molecule has 0 radical (unpaired) electrons. The Balaban J connectivity index is 2.15. The van der Waals surface area contributed by atoms with E-state index in [1.807, 2.05) is 35.9 Å². The first-order valence-corrected chi connectivity index (χ1v) is 6.86. The van der Waals surface area contributed by atoms with E-state index in [1.165, 1.54) is 0 Å². The van der Waals surface area contributed by atoms with Crippen LogP contribution < -0.4 is 0 Å². The van der Waals surface area contributed by atoms with Crippen LogP contribution in [0.1, 0.15) is 31.5 Å². The van der Waals surface area contributed by atoms with Crippen LogP contribution in [0.4, 0.5) is 0 Å². The first-order chi connectivity index (χ1) is 9.47. The van der Waals surface area contributed by atoms with Crippen LogP contribution in [-0.4, -0.2) is 37.9 Å². The molecular formula is C15H21N3O2. The molecule has 0 aliphatic heterocycles. The van der Waals surface area contributed by atoms with Gasteiger partial charge in [0.25, 0.3) is 0 Å². The second-order valence-corrected chi connectivity index (χ2v) is 5.36. The number of rotatable bonds is 6. The Morgan fingerprint density at radius 3 is 2.85 bits per heavy atom. The number of imidazole rings is 1. The summed E-state index contributed by atoms with van der Waals surface area (Å²) in [6, 6.07) is 4.33. The number of carboxylic acids is 1. The van der Waals surface area contributed by atoms with Crippen molar-refractivity contribution < 1.29 is 9.90 Å². The third-order valence-electron chi connectivity index (χ3n) is 3.44. The summed E-state index contributed by atoms with van der Waals surface area (Å²) in [6.45, 7) is 7.40. The fourth-order valence-electron chi connectivity index (χ4n) is 2.25. The topological polar surface area (TPSA) is 57.8 Å². The summed E-state index contributed by atoms with van der Waals surface area (Å²) < 4.78 is 2.01. The average Bonchev–Trinajstić information content (AvgIpc) is 2.78. The number of aliphatic carboxylic acids is 1. The van der Waals surface area contributed by atoms with Crippen LogP contribution >= 0.6 is 0 Å². The minimum Gasteiger partial charge on any atom is -0.481 e. The highest BCUT2D eigenvalue weighted by Crippen LogP contribution is 2.13. The van der Waals surface area contributed by atoms with Crippen molar-refractivity contribution in [3.05, 3.63) is 35.8 Å². The number of hydrogen-bond acceptors (Lipinski definition) is 3. The molecule has 1 N–H and O–H groups in total. The van der Waals surface area contributed by atoms with Gasteiger partial charge in [0.1, 0.15) is 5.65 Å². The molecule has 108 valence electrons. The van der Waals surface area contributed by atoms with Crippen molar-refractivity contribution in [2.24, 2.45) is 0 Å². The fourth-order valence-corrected chi connectivity index (χ4v) is 2.25. The van der Waals surface area contributed by atoms with Crippen molar-refractivity contribution in [1.29, 1.82) is 0 Å². The van der Waals surface area contributed by atoms with Gasteiger partial charge < -0.3 is 9.51 Å². The number of fused-ring (bicyclic) bond motifs is 1. The van der Waals surface area contributed by atoms with Gasteiger partial charge in [0, 0.05) is 31.5 Å². The van der Waals surface area contributed by atoms with Crippen molar-refractivity contribution in [2.75, 3.05) is 6.54 Å². The SMILES string of the molecule is Cc1cccn2cc(CN(CCC(=O)O)C(C)C)nc12. The highest BCUT2D eigenvalue weighted by atomic mass is 16.4. The summed E-state index contributed by atoms with van der Waals surface area (Å²) in [5.41, 5.74) is 3.07. The molecule has 2 aromatic heterocycles. The Hall–Kier alpha value is -1.88. The van der Waals surface area contributed by atoms with Crippen molar-refractivity contribution in [3.8, 4) is 0 Å². The molecule has 0 bridgehead atoms. The molecule has 0 amide bonds. The first-order valence-electron chi connectivity index (χ1n) is 6.86. The van der Waals surface area contributed by atoms with Gasteiger partial charge in [0.15, 0.2) is 0 Å². The van der Waals surface area contributed by atoms with Gasteiger partial charge in [-0.3, -0.25) is 9.69 Å². The lowest BCUT2D eigenvalue weighted by Gasteiger charge is -2.24. The zero-order valence-corrected chi connectivity index (χ0v) is 12.2. The lowest BCUT2D eigenvalue weighted by molar-refractivity contribution is -0.137. The fraction of sp³-hybridized carbons (Fsp3) is 0.467. The number of hydrogen-bond donors (Lipinski definition) is 1. The second-order valence-electron chi connectivity index (χ2n) is 5.36. The number of nitrogens with zero attached hydrogens (tertiary/aromatic N) is 3. The van der Waals surface area contributed by atoms with Crippen LogP contribution in [0.3, 0.4) is 0 Å². The molecule has 2 heterocycles. The largest absolute Gasteiger partial charge is 0.481 e. The zero-order valence-electron chi connectivity index (χ0n) is 12.2. The Bertz CT molecular complexity index is 604. The molecular weight excluding hydrogens is 254 g/mol. The van der Waals surface area contributed by atoms with E-state index in [2.05, 4.69) is 23.7 Å². The van der Waals surface area contributed by atoms with E-state index in [0.717, 1.165) is 16.9 Å². The summed E-state index contributed by atoms with van der Waals surface area (Å²) in [5.74, 6) is -0.763. The van der Waals surface area contributed by atoms with E-state index in [9.17, 15) is 4.79 Å². The lowest BCUT2D eigenvalue weighted by atomic mass is 10.2. The van der Waals surface area contributed by atoms with E-state index in [1.54, 1.807) is 0 Å². The predicted octanol–water partition coefficient (Wildman–Crippen LogP) is 2.33. The maximum absolute atomic E-state index is 10.7. The molecule has 20 heavy (non-hydrogen) atoms. The molecule has 0 aliphatic rings. The van der Waals surface area contributed by atoms with Crippen LogP contribution in [0.2, 0.25) is 0 Å². The minimum absolute atomic E-state index is 0.157. The maximum Gasteiger partial charge on any atom is 0.304 e. The third-order valence-corrected chi connectivity index (χ3v) is 3.44. The quantitative estimate of drug-likeness (QED) is 0.879. The molecule has 0 aliphatic carbocycles. The van der Waals surface area contributed by atoms with Crippen molar-refractivity contribution >= 4 is 11.6 Å². The van der Waals surface area contributed by atoms with E-state index in [4.69, 9.17) is 5.11 Å². The van der Waals surface area contributed by atoms with Crippen LogP contribution in [0, 0.1) is 6.92 Å². The molecule has 0 unspecified atom stereocenters. The number of aryl methyl sites for hydroxylation is 1. The Morgan fingerprint density at radius 2 is 2.25 bits per heavy atom. The van der Waals surface area contributed by atoms with Crippen LogP contribution in [0.25, 0.3) is 5.65 Å².